The number of nitrogens with zero attached hydrogens (tertiary/aromatic N) is 3. The molecule has 1 amide bonds. The van der Waals surface area contributed by atoms with Crippen LogP contribution in [-0.4, -0.2) is 26.4 Å². The monoisotopic (exact) mass is 316 g/mol. The molecule has 0 radical (unpaired) electrons. The Labute approximate surface area is 134 Å². The molecule has 1 N–H and O–H groups in total. The van der Waals surface area contributed by atoms with Gasteiger partial charge in [0.15, 0.2) is 5.16 Å². The minimum Gasteiger partial charge on any atom is -0.325 e. The Morgan fingerprint density at radius 3 is 2.82 bits per heavy atom. The zero-order chi connectivity index (χ0) is 15.7. The number of thioether (sulfide) groups is 1. The predicted octanol–water partition coefficient (Wildman–Crippen LogP) is 3.27. The number of carbonyl (C=O) groups is 1. The van der Waals surface area contributed by atoms with Crippen LogP contribution in [0.2, 0.25) is 0 Å². The van der Waals surface area contributed by atoms with Crippen molar-refractivity contribution < 1.29 is 4.79 Å². The fourth-order valence-corrected chi connectivity index (χ4v) is 3.24. The van der Waals surface area contributed by atoms with Gasteiger partial charge in [0, 0.05) is 11.7 Å². The van der Waals surface area contributed by atoms with Crippen LogP contribution >= 0.6 is 11.8 Å². The summed E-state index contributed by atoms with van der Waals surface area (Å²) in [6, 6.07) is 6.58. The van der Waals surface area contributed by atoms with Crippen LogP contribution in [0.5, 0.6) is 0 Å². The van der Waals surface area contributed by atoms with E-state index < -0.39 is 0 Å². The Kier molecular flexibility index (Phi) is 4.20. The number of carbonyl (C=O) groups excluding carboxylic acids is 1. The highest BCUT2D eigenvalue weighted by Gasteiger charge is 2.28. The molecule has 1 aliphatic carbocycles. The summed E-state index contributed by atoms with van der Waals surface area (Å²) in [7, 11) is 0. The molecule has 1 aromatic carbocycles. The Morgan fingerprint density at radius 2 is 2.09 bits per heavy atom. The van der Waals surface area contributed by atoms with Gasteiger partial charge in [0.2, 0.25) is 5.91 Å². The first-order chi connectivity index (χ1) is 10.5. The summed E-state index contributed by atoms with van der Waals surface area (Å²) in [5.41, 5.74) is 3.09. The maximum absolute atomic E-state index is 12.2. The van der Waals surface area contributed by atoms with Gasteiger partial charge in [-0.25, -0.2) is 0 Å². The van der Waals surface area contributed by atoms with Crippen molar-refractivity contribution in [2.24, 2.45) is 0 Å². The minimum absolute atomic E-state index is 0.0123. The number of hydrogen-bond acceptors (Lipinski definition) is 4. The van der Waals surface area contributed by atoms with E-state index in [1.54, 1.807) is 0 Å². The molecule has 0 spiro atoms. The van der Waals surface area contributed by atoms with Gasteiger partial charge in [0.25, 0.3) is 0 Å². The number of hydrogen-bond donors (Lipinski definition) is 1. The van der Waals surface area contributed by atoms with Crippen molar-refractivity contribution in [1.82, 2.24) is 14.8 Å². The van der Waals surface area contributed by atoms with Crippen LogP contribution in [0.15, 0.2) is 23.4 Å². The number of anilines is 1. The summed E-state index contributed by atoms with van der Waals surface area (Å²) in [4.78, 5) is 12.2. The molecule has 116 valence electrons. The molecule has 5 nitrogen and oxygen atoms in total. The second kappa shape index (κ2) is 6.12. The van der Waals surface area contributed by atoms with Gasteiger partial charge in [-0.15, -0.1) is 10.2 Å². The highest BCUT2D eigenvalue weighted by atomic mass is 32.2. The summed E-state index contributed by atoms with van der Waals surface area (Å²) in [5, 5.41) is 12.1. The van der Waals surface area contributed by atoms with Gasteiger partial charge in [-0.2, -0.15) is 0 Å². The van der Waals surface area contributed by atoms with Crippen molar-refractivity contribution in [2.75, 3.05) is 11.1 Å². The van der Waals surface area contributed by atoms with Gasteiger partial charge in [-0.1, -0.05) is 23.9 Å². The Bertz CT molecular complexity index is 706. The minimum atomic E-state index is -0.0123. The summed E-state index contributed by atoms with van der Waals surface area (Å²) in [6.07, 6.45) is 2.36. The van der Waals surface area contributed by atoms with E-state index in [-0.39, 0.29) is 5.91 Å². The van der Waals surface area contributed by atoms with Crippen LogP contribution in [-0.2, 0) is 4.79 Å². The van der Waals surface area contributed by atoms with Crippen LogP contribution in [0.25, 0.3) is 0 Å². The number of rotatable bonds is 5. The van der Waals surface area contributed by atoms with Crippen molar-refractivity contribution in [2.45, 2.75) is 44.8 Å². The third-order valence-corrected chi connectivity index (χ3v) is 4.69. The number of benzene rings is 1. The fraction of sp³-hybridized carbons (Fsp3) is 0.438. The lowest BCUT2D eigenvalue weighted by Crippen LogP contribution is -2.15. The molecule has 1 aliphatic rings. The van der Waals surface area contributed by atoms with Crippen molar-refractivity contribution in [3.8, 4) is 0 Å². The van der Waals surface area contributed by atoms with Crippen LogP contribution in [0.4, 0.5) is 5.69 Å². The molecule has 0 saturated heterocycles. The fourth-order valence-electron chi connectivity index (χ4n) is 2.39. The molecule has 2 aromatic rings. The summed E-state index contributed by atoms with van der Waals surface area (Å²) >= 11 is 1.45. The standard InChI is InChI=1S/C16H20N4OS/c1-10-4-5-11(2)14(8-10)17-15(21)9-22-16-19-18-12(3)20(16)13-6-7-13/h4-5,8,13H,6-7,9H2,1-3H3,(H,17,21). The van der Waals surface area contributed by atoms with Crippen molar-refractivity contribution in [3.05, 3.63) is 35.2 Å². The largest absolute Gasteiger partial charge is 0.325 e. The Morgan fingerprint density at radius 1 is 1.32 bits per heavy atom. The van der Waals surface area contributed by atoms with E-state index in [0.29, 0.717) is 11.8 Å². The maximum atomic E-state index is 12.2. The van der Waals surface area contributed by atoms with Gasteiger partial charge in [-0.05, 0) is 50.8 Å². The lowest BCUT2D eigenvalue weighted by Gasteiger charge is -2.09. The molecule has 1 aromatic heterocycles. The molecular formula is C16H20N4OS. The molecule has 0 unspecified atom stereocenters. The van der Waals surface area contributed by atoms with Crippen molar-refractivity contribution in [1.29, 1.82) is 0 Å². The van der Waals surface area contributed by atoms with E-state index >= 15 is 0 Å². The van der Waals surface area contributed by atoms with E-state index in [9.17, 15) is 4.79 Å². The third-order valence-electron chi connectivity index (χ3n) is 3.75. The van der Waals surface area contributed by atoms with Gasteiger partial charge in [0.05, 0.1) is 5.75 Å². The van der Waals surface area contributed by atoms with Crippen LogP contribution in [0.3, 0.4) is 0 Å². The molecule has 6 heteroatoms. The highest BCUT2D eigenvalue weighted by molar-refractivity contribution is 7.99. The Balaban J connectivity index is 1.62. The van der Waals surface area contributed by atoms with Crippen LogP contribution in [0, 0.1) is 20.8 Å². The molecule has 0 aliphatic heterocycles. The normalized spacial score (nSPS) is 14.1. The first kappa shape index (κ1) is 15.1. The molecule has 22 heavy (non-hydrogen) atoms. The topological polar surface area (TPSA) is 59.8 Å². The smallest absolute Gasteiger partial charge is 0.234 e. The molecule has 1 saturated carbocycles. The van der Waals surface area contributed by atoms with E-state index in [0.717, 1.165) is 27.8 Å². The zero-order valence-corrected chi connectivity index (χ0v) is 13.9. The second-order valence-corrected chi connectivity index (χ2v) is 6.73. The highest BCUT2D eigenvalue weighted by Crippen LogP contribution is 2.38. The SMILES string of the molecule is Cc1ccc(C)c(NC(=O)CSc2nnc(C)n2C2CC2)c1. The molecular weight excluding hydrogens is 296 g/mol. The maximum Gasteiger partial charge on any atom is 0.234 e. The van der Waals surface area contributed by atoms with Gasteiger partial charge < -0.3 is 9.88 Å². The zero-order valence-electron chi connectivity index (χ0n) is 13.1. The third kappa shape index (κ3) is 3.32. The van der Waals surface area contributed by atoms with Gasteiger partial charge >= 0.3 is 0 Å². The average molecular weight is 316 g/mol. The molecule has 1 heterocycles. The first-order valence-electron chi connectivity index (χ1n) is 7.46. The Hall–Kier alpha value is -1.82. The molecule has 3 rings (SSSR count). The van der Waals surface area contributed by atoms with E-state index in [4.69, 9.17) is 0 Å². The number of amides is 1. The van der Waals surface area contributed by atoms with Crippen LogP contribution < -0.4 is 5.32 Å². The summed E-state index contributed by atoms with van der Waals surface area (Å²) in [6.45, 7) is 5.98. The molecule has 0 atom stereocenters. The predicted molar refractivity (Wildman–Crippen MR) is 88.3 cm³/mol. The van der Waals surface area contributed by atoms with Gasteiger partial charge in [-0.3, -0.25) is 4.79 Å². The summed E-state index contributed by atoms with van der Waals surface area (Å²) < 4.78 is 2.15. The number of aryl methyl sites for hydroxylation is 3. The number of nitrogens with one attached hydrogen (secondary N) is 1. The average Bonchev–Trinajstić information content (AvgIpc) is 3.24. The summed E-state index contributed by atoms with van der Waals surface area (Å²) in [5.74, 6) is 1.26. The van der Waals surface area contributed by atoms with Gasteiger partial charge in [0.1, 0.15) is 5.82 Å². The molecule has 1 fully saturated rings. The van der Waals surface area contributed by atoms with Crippen molar-refractivity contribution in [3.63, 3.8) is 0 Å². The second-order valence-electron chi connectivity index (χ2n) is 5.79. The lowest BCUT2D eigenvalue weighted by molar-refractivity contribution is -0.113. The first-order valence-corrected chi connectivity index (χ1v) is 8.44. The lowest BCUT2D eigenvalue weighted by atomic mass is 10.1. The van der Waals surface area contributed by atoms with E-state index in [2.05, 4.69) is 20.1 Å². The quantitative estimate of drug-likeness (QED) is 0.860. The number of aromatic nitrogens is 3. The van der Waals surface area contributed by atoms with Crippen LogP contribution in [0.1, 0.15) is 35.8 Å². The molecule has 0 bridgehead atoms. The van der Waals surface area contributed by atoms with E-state index in [1.807, 2.05) is 39.0 Å². The van der Waals surface area contributed by atoms with Crippen molar-refractivity contribution >= 4 is 23.4 Å². The van der Waals surface area contributed by atoms with E-state index in [1.165, 1.54) is 24.6 Å².